The highest BCUT2D eigenvalue weighted by molar-refractivity contribution is 6.03. The highest BCUT2D eigenvalue weighted by Crippen LogP contribution is 2.26. The van der Waals surface area contributed by atoms with Gasteiger partial charge in [-0.1, -0.05) is 24.1 Å². The summed E-state index contributed by atoms with van der Waals surface area (Å²) in [5, 5.41) is 11.1. The Balaban J connectivity index is 1.84. The fourth-order valence-electron chi connectivity index (χ4n) is 4.16. The summed E-state index contributed by atoms with van der Waals surface area (Å²) in [6, 6.07) is 11.9. The first-order valence-electron chi connectivity index (χ1n) is 11.2. The van der Waals surface area contributed by atoms with Gasteiger partial charge in [-0.3, -0.25) is 18.8 Å². The lowest BCUT2D eigenvalue weighted by atomic mass is 10.0. The lowest BCUT2D eigenvalue weighted by Crippen LogP contribution is -2.32. The van der Waals surface area contributed by atoms with E-state index in [4.69, 9.17) is 12.2 Å². The number of anilines is 2. The summed E-state index contributed by atoms with van der Waals surface area (Å²) < 4.78 is 16.6. The van der Waals surface area contributed by atoms with Crippen molar-refractivity contribution in [3.63, 3.8) is 0 Å². The van der Waals surface area contributed by atoms with Crippen LogP contribution in [0.5, 0.6) is 0 Å². The summed E-state index contributed by atoms with van der Waals surface area (Å²) in [5.41, 5.74) is 7.18. The van der Waals surface area contributed by atoms with E-state index in [-0.39, 0.29) is 16.9 Å². The quantitative estimate of drug-likeness (QED) is 0.275. The molecule has 0 spiro atoms. The number of aromatic nitrogens is 3. The van der Waals surface area contributed by atoms with Gasteiger partial charge < -0.3 is 16.4 Å². The number of nitrogens with one attached hydrogen (secondary N) is 2. The maximum atomic E-state index is 13.7. The number of nitrogens with zero attached hydrogens (tertiary/aromatic N) is 3. The van der Waals surface area contributed by atoms with E-state index < -0.39 is 17.8 Å². The van der Waals surface area contributed by atoms with Crippen LogP contribution < -0.4 is 21.9 Å². The van der Waals surface area contributed by atoms with Crippen molar-refractivity contribution in [3.05, 3.63) is 94.2 Å². The topological polar surface area (TPSA) is 107 Å². The molecule has 1 atom stereocenters. The van der Waals surface area contributed by atoms with Gasteiger partial charge in [0.15, 0.2) is 5.82 Å². The molecule has 1 amide bonds. The highest BCUT2D eigenvalue weighted by Gasteiger charge is 2.25. The van der Waals surface area contributed by atoms with Crippen LogP contribution in [-0.2, 0) is 7.05 Å². The molecule has 4 rings (SSSR count). The molecule has 0 radical (unpaired) electrons. The van der Waals surface area contributed by atoms with Crippen molar-refractivity contribution in [2.45, 2.75) is 13.0 Å². The molecule has 36 heavy (non-hydrogen) atoms. The number of halogens is 1. The summed E-state index contributed by atoms with van der Waals surface area (Å²) in [6.07, 6.45) is 7.30. The van der Waals surface area contributed by atoms with Crippen LogP contribution in [0.25, 0.3) is 16.5 Å². The molecule has 9 heteroatoms. The molecule has 4 aromatic rings. The molecular formula is C27H25FN6O2. The number of amides is 1. The molecule has 2 aromatic heterocycles. The third-order valence-electron chi connectivity index (χ3n) is 5.82. The SMILES string of the molecule is C#Cc1cccc2cc(C(C)NC(=O)c3c(N)nn(C)c3NCC=C)n(-c3ccc(F)cc3)c(=O)c12. The summed E-state index contributed by atoms with van der Waals surface area (Å²) in [7, 11) is 1.67. The van der Waals surface area contributed by atoms with E-state index in [2.05, 4.69) is 28.2 Å². The molecule has 1 unspecified atom stereocenters. The maximum Gasteiger partial charge on any atom is 0.264 e. The fourth-order valence-corrected chi connectivity index (χ4v) is 4.16. The lowest BCUT2D eigenvalue weighted by molar-refractivity contribution is 0.0940. The zero-order valence-electron chi connectivity index (χ0n) is 19.9. The number of carbonyl (C=O) groups is 1. The van der Waals surface area contributed by atoms with Crippen LogP contribution in [0.1, 0.15) is 34.6 Å². The summed E-state index contributed by atoms with van der Waals surface area (Å²) in [6.45, 7) is 5.82. The van der Waals surface area contributed by atoms with E-state index >= 15 is 0 Å². The molecule has 0 aliphatic rings. The number of pyridine rings is 1. The van der Waals surface area contributed by atoms with Crippen LogP contribution in [0.15, 0.2) is 66.0 Å². The Labute approximate surface area is 207 Å². The normalized spacial score (nSPS) is 11.6. The number of carbonyl (C=O) groups excluding carboxylic acids is 1. The number of aryl methyl sites for hydroxylation is 1. The molecule has 8 nitrogen and oxygen atoms in total. The average Bonchev–Trinajstić information content (AvgIpc) is 3.15. The second kappa shape index (κ2) is 9.80. The number of benzene rings is 2. The van der Waals surface area contributed by atoms with Gasteiger partial charge in [0.05, 0.1) is 11.4 Å². The third-order valence-corrected chi connectivity index (χ3v) is 5.82. The van der Waals surface area contributed by atoms with Gasteiger partial charge >= 0.3 is 0 Å². The summed E-state index contributed by atoms with van der Waals surface area (Å²) in [4.78, 5) is 27.0. The third kappa shape index (κ3) is 4.32. The molecule has 0 aliphatic carbocycles. The molecule has 0 aliphatic heterocycles. The van der Waals surface area contributed by atoms with E-state index in [0.717, 1.165) is 0 Å². The van der Waals surface area contributed by atoms with Gasteiger partial charge in [0, 0.05) is 30.5 Å². The first-order valence-corrected chi connectivity index (χ1v) is 11.2. The zero-order valence-corrected chi connectivity index (χ0v) is 19.9. The molecule has 0 bridgehead atoms. The molecular weight excluding hydrogens is 459 g/mol. The minimum absolute atomic E-state index is 0.0573. The Bertz CT molecular complexity index is 1580. The fraction of sp³-hybridized carbons (Fsp3) is 0.148. The smallest absolute Gasteiger partial charge is 0.264 e. The zero-order chi connectivity index (χ0) is 26.0. The van der Waals surface area contributed by atoms with Gasteiger partial charge in [0.1, 0.15) is 17.2 Å². The van der Waals surface area contributed by atoms with Crippen molar-refractivity contribution in [2.75, 3.05) is 17.6 Å². The Morgan fingerprint density at radius 3 is 2.69 bits per heavy atom. The second-order valence-electron chi connectivity index (χ2n) is 8.20. The minimum Gasteiger partial charge on any atom is -0.381 e. The van der Waals surface area contributed by atoms with Gasteiger partial charge in [0.2, 0.25) is 0 Å². The Kier molecular flexibility index (Phi) is 6.61. The standard InChI is InChI=1S/C27H25FN6O2/c1-5-14-30-25-23(24(29)32-33(25)4)26(35)31-16(3)21-15-18-9-7-8-17(6-2)22(18)27(36)34(21)20-12-10-19(28)11-13-20/h2,5,7-13,15-16,30H,1,14H2,3-4H3,(H2,29,32)(H,31,35). The first-order chi connectivity index (χ1) is 17.3. The van der Waals surface area contributed by atoms with Crippen molar-refractivity contribution in [1.29, 1.82) is 0 Å². The van der Waals surface area contributed by atoms with E-state index in [0.29, 0.717) is 40.1 Å². The van der Waals surface area contributed by atoms with Crippen LogP contribution in [0.2, 0.25) is 0 Å². The molecule has 2 aromatic carbocycles. The van der Waals surface area contributed by atoms with Crippen LogP contribution in [-0.4, -0.2) is 26.8 Å². The van der Waals surface area contributed by atoms with Gasteiger partial charge in [-0.15, -0.1) is 13.0 Å². The van der Waals surface area contributed by atoms with Crippen molar-refractivity contribution in [1.82, 2.24) is 19.7 Å². The maximum absolute atomic E-state index is 13.7. The molecule has 0 saturated carbocycles. The minimum atomic E-state index is -0.652. The highest BCUT2D eigenvalue weighted by atomic mass is 19.1. The number of hydrogen-bond donors (Lipinski definition) is 3. The number of rotatable bonds is 7. The predicted molar refractivity (Wildman–Crippen MR) is 140 cm³/mol. The van der Waals surface area contributed by atoms with Gasteiger partial charge in [0.25, 0.3) is 11.5 Å². The van der Waals surface area contributed by atoms with Crippen LogP contribution >= 0.6 is 0 Å². The molecule has 4 N–H and O–H groups in total. The van der Waals surface area contributed by atoms with Crippen molar-refractivity contribution < 1.29 is 9.18 Å². The largest absolute Gasteiger partial charge is 0.381 e. The van der Waals surface area contributed by atoms with Crippen molar-refractivity contribution in [3.8, 4) is 18.0 Å². The molecule has 182 valence electrons. The Morgan fingerprint density at radius 1 is 1.31 bits per heavy atom. The summed E-state index contributed by atoms with van der Waals surface area (Å²) >= 11 is 0. The van der Waals surface area contributed by atoms with Crippen LogP contribution in [0.3, 0.4) is 0 Å². The first kappa shape index (κ1) is 24.3. The molecule has 0 fully saturated rings. The van der Waals surface area contributed by atoms with E-state index in [1.807, 2.05) is 0 Å². The number of fused-ring (bicyclic) bond motifs is 1. The predicted octanol–water partition coefficient (Wildman–Crippen LogP) is 3.52. The lowest BCUT2D eigenvalue weighted by Gasteiger charge is -2.21. The van der Waals surface area contributed by atoms with E-state index in [1.165, 1.54) is 33.5 Å². The number of hydrogen-bond acceptors (Lipinski definition) is 5. The van der Waals surface area contributed by atoms with Crippen LogP contribution in [0.4, 0.5) is 16.0 Å². The molecule has 2 heterocycles. The van der Waals surface area contributed by atoms with Crippen molar-refractivity contribution >= 4 is 28.3 Å². The number of terminal acetylenes is 1. The van der Waals surface area contributed by atoms with E-state index in [9.17, 15) is 14.0 Å². The average molecular weight is 485 g/mol. The Hall–Kier alpha value is -4.84. The van der Waals surface area contributed by atoms with Gasteiger partial charge in [-0.05, 0) is 48.7 Å². The number of nitrogen functional groups attached to an aromatic ring is 1. The molecule has 0 saturated heterocycles. The van der Waals surface area contributed by atoms with Crippen LogP contribution in [0, 0.1) is 18.2 Å². The van der Waals surface area contributed by atoms with Gasteiger partial charge in [-0.25, -0.2) is 4.39 Å². The monoisotopic (exact) mass is 484 g/mol. The number of nitrogens with two attached hydrogens (primary N) is 1. The van der Waals surface area contributed by atoms with E-state index in [1.54, 1.807) is 44.3 Å². The summed E-state index contributed by atoms with van der Waals surface area (Å²) in [5.74, 6) is 2.13. The van der Waals surface area contributed by atoms with Gasteiger partial charge in [-0.2, -0.15) is 5.10 Å². The second-order valence-corrected chi connectivity index (χ2v) is 8.20. The Morgan fingerprint density at radius 2 is 2.03 bits per heavy atom. The van der Waals surface area contributed by atoms with Crippen molar-refractivity contribution in [2.24, 2.45) is 7.05 Å².